The third-order valence-corrected chi connectivity index (χ3v) is 3.75. The average Bonchev–Trinajstić information content (AvgIpc) is 2.81. The predicted molar refractivity (Wildman–Crippen MR) is 84.8 cm³/mol. The van der Waals surface area contributed by atoms with Crippen LogP contribution in [0, 0.1) is 0 Å². The van der Waals surface area contributed by atoms with Gasteiger partial charge in [0.25, 0.3) is 0 Å². The van der Waals surface area contributed by atoms with Gasteiger partial charge in [-0.2, -0.15) is 0 Å². The summed E-state index contributed by atoms with van der Waals surface area (Å²) < 4.78 is 11.7. The first-order valence-electron chi connectivity index (χ1n) is 6.59. The summed E-state index contributed by atoms with van der Waals surface area (Å²) in [4.78, 5) is 16.2. The third kappa shape index (κ3) is 2.65. The van der Waals surface area contributed by atoms with Crippen molar-refractivity contribution in [2.45, 2.75) is 13.5 Å². The van der Waals surface area contributed by atoms with Gasteiger partial charge < -0.3 is 14.8 Å². The Morgan fingerprint density at radius 2 is 2.36 bits per heavy atom. The third-order valence-electron chi connectivity index (χ3n) is 3.15. The van der Waals surface area contributed by atoms with Crippen LogP contribution in [0.2, 0.25) is 5.02 Å². The van der Waals surface area contributed by atoms with Crippen molar-refractivity contribution in [3.05, 3.63) is 40.8 Å². The van der Waals surface area contributed by atoms with E-state index in [9.17, 15) is 4.79 Å². The van der Waals surface area contributed by atoms with E-state index in [-0.39, 0.29) is 12.5 Å². The fraction of sp³-hybridized carbons (Fsp3) is 0.214. The Morgan fingerprint density at radius 3 is 3.14 bits per heavy atom. The molecule has 1 aliphatic heterocycles. The fourth-order valence-electron chi connectivity index (χ4n) is 2.20. The summed E-state index contributed by atoms with van der Waals surface area (Å²) in [6.45, 7) is 2.31. The highest BCUT2D eigenvalue weighted by atomic mass is 35.5. The fourth-order valence-corrected chi connectivity index (χ4v) is 2.60. The van der Waals surface area contributed by atoms with E-state index >= 15 is 0 Å². The smallest absolute Gasteiger partial charge is 0.434 e. The lowest BCUT2D eigenvalue weighted by molar-refractivity contribution is 0.102. The molecule has 0 unspecified atom stereocenters. The lowest BCUT2D eigenvalue weighted by Crippen LogP contribution is -2.21. The molecular formula is C14H12ClN3O3S. The molecule has 22 heavy (non-hydrogen) atoms. The SMILES string of the molecule is CCOC(=O)Oc1ncn2c1CNC(=S)c1cc(Cl)ccc1-2. The van der Waals surface area contributed by atoms with Crippen LogP contribution in [0.1, 0.15) is 18.2 Å². The van der Waals surface area contributed by atoms with Crippen LogP contribution in [0.25, 0.3) is 5.69 Å². The number of benzene rings is 1. The minimum absolute atomic E-state index is 0.191. The number of halogens is 1. The number of imidazole rings is 1. The highest BCUT2D eigenvalue weighted by Gasteiger charge is 2.23. The summed E-state index contributed by atoms with van der Waals surface area (Å²) in [7, 11) is 0. The summed E-state index contributed by atoms with van der Waals surface area (Å²) in [6, 6.07) is 5.40. The van der Waals surface area contributed by atoms with Crippen LogP contribution in [0.5, 0.6) is 5.88 Å². The highest BCUT2D eigenvalue weighted by molar-refractivity contribution is 7.80. The first-order valence-corrected chi connectivity index (χ1v) is 7.37. The lowest BCUT2D eigenvalue weighted by Gasteiger charge is -2.08. The summed E-state index contributed by atoms with van der Waals surface area (Å²) >= 11 is 11.4. The monoisotopic (exact) mass is 337 g/mol. The topological polar surface area (TPSA) is 65.4 Å². The normalized spacial score (nSPS) is 12.7. The number of carbonyl (C=O) groups excluding carboxylic acids is 1. The van der Waals surface area contributed by atoms with Crippen molar-refractivity contribution < 1.29 is 14.3 Å². The number of carbonyl (C=O) groups is 1. The molecular weight excluding hydrogens is 326 g/mol. The number of aromatic nitrogens is 2. The zero-order valence-corrected chi connectivity index (χ0v) is 13.2. The van der Waals surface area contributed by atoms with Gasteiger partial charge in [-0.15, -0.1) is 0 Å². The van der Waals surface area contributed by atoms with Crippen LogP contribution in [-0.4, -0.2) is 27.3 Å². The molecule has 0 atom stereocenters. The Bertz CT molecular complexity index is 760. The number of fused-ring (bicyclic) bond motifs is 3. The average molecular weight is 338 g/mol. The second kappa shape index (κ2) is 5.94. The van der Waals surface area contributed by atoms with E-state index in [0.717, 1.165) is 11.3 Å². The quantitative estimate of drug-likeness (QED) is 0.671. The first kappa shape index (κ1) is 14.8. The standard InChI is InChI=1S/C14H12ClN3O3S/c1-2-20-14(19)21-12-11-6-16-13(22)9-5-8(15)3-4-10(9)18(11)7-17-12/h3-5,7H,2,6H2,1H3,(H,16,22). The van der Waals surface area contributed by atoms with E-state index in [4.69, 9.17) is 33.3 Å². The van der Waals surface area contributed by atoms with Gasteiger partial charge in [0.05, 0.1) is 18.8 Å². The van der Waals surface area contributed by atoms with Gasteiger partial charge in [-0.1, -0.05) is 23.8 Å². The van der Waals surface area contributed by atoms with Crippen molar-refractivity contribution in [1.29, 1.82) is 0 Å². The Morgan fingerprint density at radius 1 is 1.55 bits per heavy atom. The van der Waals surface area contributed by atoms with E-state index in [1.165, 1.54) is 0 Å². The molecule has 0 amide bonds. The molecule has 0 radical (unpaired) electrons. The molecule has 8 heteroatoms. The highest BCUT2D eigenvalue weighted by Crippen LogP contribution is 2.28. The second-order valence-electron chi connectivity index (χ2n) is 4.50. The predicted octanol–water partition coefficient (Wildman–Crippen LogP) is 2.84. The largest absolute Gasteiger partial charge is 0.515 e. The maximum atomic E-state index is 11.5. The van der Waals surface area contributed by atoms with E-state index in [2.05, 4.69) is 10.3 Å². The molecule has 0 bridgehead atoms. The van der Waals surface area contributed by atoms with Crippen LogP contribution >= 0.6 is 23.8 Å². The van der Waals surface area contributed by atoms with Gasteiger partial charge in [-0.05, 0) is 25.1 Å². The maximum Gasteiger partial charge on any atom is 0.515 e. The number of hydrogen-bond donors (Lipinski definition) is 1. The molecule has 6 nitrogen and oxygen atoms in total. The zero-order valence-electron chi connectivity index (χ0n) is 11.6. The van der Waals surface area contributed by atoms with Gasteiger partial charge in [0.1, 0.15) is 17.0 Å². The Hall–Kier alpha value is -2.12. The zero-order chi connectivity index (χ0) is 15.7. The van der Waals surface area contributed by atoms with Gasteiger partial charge in [-0.3, -0.25) is 4.57 Å². The van der Waals surface area contributed by atoms with Gasteiger partial charge in [0.2, 0.25) is 5.88 Å². The lowest BCUT2D eigenvalue weighted by atomic mass is 10.2. The van der Waals surface area contributed by atoms with Gasteiger partial charge >= 0.3 is 6.16 Å². The molecule has 0 saturated carbocycles. The number of hydrogen-bond acceptors (Lipinski definition) is 5. The number of thiocarbonyl (C=S) groups is 1. The summed E-state index contributed by atoms with van der Waals surface area (Å²) in [5.74, 6) is 0.191. The number of nitrogens with one attached hydrogen (secondary N) is 1. The van der Waals surface area contributed by atoms with Crippen molar-refractivity contribution in [1.82, 2.24) is 14.9 Å². The molecule has 0 fully saturated rings. The van der Waals surface area contributed by atoms with Crippen LogP contribution in [-0.2, 0) is 11.3 Å². The Balaban J connectivity index is 2.03. The molecule has 3 rings (SSSR count). The van der Waals surface area contributed by atoms with Crippen LogP contribution in [0.4, 0.5) is 4.79 Å². The molecule has 0 spiro atoms. The van der Waals surface area contributed by atoms with E-state index in [1.54, 1.807) is 25.4 Å². The summed E-state index contributed by atoms with van der Waals surface area (Å²) in [5.41, 5.74) is 2.29. The van der Waals surface area contributed by atoms with E-state index < -0.39 is 6.16 Å². The molecule has 0 saturated heterocycles. The number of nitrogens with zero attached hydrogens (tertiary/aromatic N) is 2. The molecule has 0 aliphatic carbocycles. The minimum Gasteiger partial charge on any atom is -0.434 e. The second-order valence-corrected chi connectivity index (χ2v) is 5.34. The molecule has 1 aromatic heterocycles. The Kier molecular flexibility index (Phi) is 4.00. The molecule has 1 aliphatic rings. The number of rotatable bonds is 2. The van der Waals surface area contributed by atoms with Crippen molar-refractivity contribution in [2.75, 3.05) is 6.61 Å². The van der Waals surface area contributed by atoms with Gasteiger partial charge in [-0.25, -0.2) is 9.78 Å². The number of ether oxygens (including phenoxy) is 2. The van der Waals surface area contributed by atoms with E-state index in [0.29, 0.717) is 22.2 Å². The van der Waals surface area contributed by atoms with E-state index in [1.807, 2.05) is 10.6 Å². The molecule has 1 N–H and O–H groups in total. The first-order chi connectivity index (χ1) is 10.6. The van der Waals surface area contributed by atoms with Crippen molar-refractivity contribution >= 4 is 35.0 Å². The molecule has 2 aromatic rings. The van der Waals surface area contributed by atoms with Crippen molar-refractivity contribution in [3.8, 4) is 11.6 Å². The molecule has 114 valence electrons. The maximum absolute atomic E-state index is 11.5. The summed E-state index contributed by atoms with van der Waals surface area (Å²) in [5, 5.41) is 3.69. The molecule has 1 aromatic carbocycles. The minimum atomic E-state index is -0.785. The van der Waals surface area contributed by atoms with Crippen LogP contribution < -0.4 is 10.1 Å². The van der Waals surface area contributed by atoms with Crippen molar-refractivity contribution in [2.24, 2.45) is 0 Å². The Labute approximate surface area is 137 Å². The van der Waals surface area contributed by atoms with Crippen LogP contribution in [0.3, 0.4) is 0 Å². The van der Waals surface area contributed by atoms with Gasteiger partial charge in [0.15, 0.2) is 0 Å². The van der Waals surface area contributed by atoms with Crippen molar-refractivity contribution in [3.63, 3.8) is 0 Å². The molecule has 2 heterocycles. The summed E-state index contributed by atoms with van der Waals surface area (Å²) in [6.07, 6.45) is 0.791. The van der Waals surface area contributed by atoms with Gasteiger partial charge in [0, 0.05) is 10.6 Å². The van der Waals surface area contributed by atoms with Crippen LogP contribution in [0.15, 0.2) is 24.5 Å².